The van der Waals surface area contributed by atoms with Crippen LogP contribution in [0.4, 0.5) is 0 Å². The number of amides is 1. The molecule has 96 valence electrons. The Balaban J connectivity index is 2.76. The molecule has 0 aromatic heterocycles. The van der Waals surface area contributed by atoms with Gasteiger partial charge in [0, 0.05) is 13.1 Å². The van der Waals surface area contributed by atoms with Crippen LogP contribution in [0.15, 0.2) is 25.3 Å². The molecule has 3 heteroatoms. The number of carbonyl (C=O) groups excluding carboxylic acids is 1. The lowest BCUT2D eigenvalue weighted by Gasteiger charge is -2.38. The molecule has 0 aromatic rings. The maximum absolute atomic E-state index is 12.5. The molecule has 1 fully saturated rings. The van der Waals surface area contributed by atoms with Gasteiger partial charge >= 0.3 is 0 Å². The fraction of sp³-hybridized carbons (Fsp3) is 0.643. The summed E-state index contributed by atoms with van der Waals surface area (Å²) >= 11 is 0. The molecule has 3 nitrogen and oxygen atoms in total. The highest BCUT2D eigenvalue weighted by atomic mass is 16.2. The molecular weight excluding hydrogens is 212 g/mol. The van der Waals surface area contributed by atoms with Crippen LogP contribution in [0.5, 0.6) is 0 Å². The maximum atomic E-state index is 12.5. The number of hydrogen-bond donors (Lipinski definition) is 1. The van der Waals surface area contributed by atoms with Gasteiger partial charge in [-0.25, -0.2) is 0 Å². The van der Waals surface area contributed by atoms with Crippen molar-refractivity contribution in [3.8, 4) is 0 Å². The molecular formula is C14H24N2O. The van der Waals surface area contributed by atoms with E-state index in [0.717, 1.165) is 19.3 Å². The van der Waals surface area contributed by atoms with Gasteiger partial charge in [0.2, 0.25) is 5.91 Å². The van der Waals surface area contributed by atoms with Crippen molar-refractivity contribution in [1.29, 1.82) is 0 Å². The molecule has 1 aliphatic rings. The number of nitrogens with two attached hydrogens (primary N) is 1. The van der Waals surface area contributed by atoms with E-state index in [1.54, 1.807) is 17.1 Å². The SMILES string of the molecule is C=CCN(CC=C)C(=O)C1(N)CCCC(C)C1. The first-order chi connectivity index (χ1) is 8.03. The summed E-state index contributed by atoms with van der Waals surface area (Å²) in [6.45, 7) is 10.6. The second-order valence-corrected chi connectivity index (χ2v) is 5.15. The standard InChI is InChI=1S/C14H24N2O/c1-4-9-16(10-5-2)13(17)14(15)8-6-7-12(3)11-14/h4-5,12H,1-2,6-11,15H2,3H3. The maximum Gasteiger partial charge on any atom is 0.243 e. The van der Waals surface area contributed by atoms with E-state index in [1.165, 1.54) is 6.42 Å². The van der Waals surface area contributed by atoms with Gasteiger partial charge in [0.1, 0.15) is 0 Å². The van der Waals surface area contributed by atoms with Crippen molar-refractivity contribution in [2.75, 3.05) is 13.1 Å². The minimum atomic E-state index is -0.677. The number of hydrogen-bond acceptors (Lipinski definition) is 2. The molecule has 1 saturated carbocycles. The van der Waals surface area contributed by atoms with E-state index in [-0.39, 0.29) is 5.91 Å². The number of rotatable bonds is 5. The van der Waals surface area contributed by atoms with Crippen LogP contribution in [0.2, 0.25) is 0 Å². The van der Waals surface area contributed by atoms with Gasteiger partial charge in [-0.3, -0.25) is 4.79 Å². The number of carbonyl (C=O) groups is 1. The van der Waals surface area contributed by atoms with Gasteiger partial charge in [0.05, 0.1) is 5.54 Å². The predicted molar refractivity (Wildman–Crippen MR) is 71.5 cm³/mol. The Labute approximate surface area is 104 Å². The smallest absolute Gasteiger partial charge is 0.243 e. The summed E-state index contributed by atoms with van der Waals surface area (Å²) in [6.07, 6.45) is 7.26. The van der Waals surface area contributed by atoms with Crippen molar-refractivity contribution in [1.82, 2.24) is 4.90 Å². The quantitative estimate of drug-likeness (QED) is 0.743. The third kappa shape index (κ3) is 3.43. The third-order valence-corrected chi connectivity index (χ3v) is 3.44. The Morgan fingerprint density at radius 3 is 2.53 bits per heavy atom. The highest BCUT2D eigenvalue weighted by molar-refractivity contribution is 5.86. The first-order valence-corrected chi connectivity index (χ1v) is 6.33. The summed E-state index contributed by atoms with van der Waals surface area (Å²) in [5, 5.41) is 0. The van der Waals surface area contributed by atoms with Gasteiger partial charge in [-0.05, 0) is 18.8 Å². The van der Waals surface area contributed by atoms with E-state index in [0.29, 0.717) is 19.0 Å². The summed E-state index contributed by atoms with van der Waals surface area (Å²) in [6, 6.07) is 0. The second kappa shape index (κ2) is 6.01. The zero-order valence-corrected chi connectivity index (χ0v) is 10.8. The highest BCUT2D eigenvalue weighted by Gasteiger charge is 2.39. The van der Waals surface area contributed by atoms with Crippen LogP contribution < -0.4 is 5.73 Å². The van der Waals surface area contributed by atoms with Crippen LogP contribution in [0, 0.1) is 5.92 Å². The molecule has 0 heterocycles. The zero-order valence-electron chi connectivity index (χ0n) is 10.8. The van der Waals surface area contributed by atoms with Crippen molar-refractivity contribution in [3.05, 3.63) is 25.3 Å². The Kier molecular flexibility index (Phi) is 4.94. The molecule has 2 unspecified atom stereocenters. The summed E-state index contributed by atoms with van der Waals surface area (Å²) in [5.74, 6) is 0.580. The predicted octanol–water partition coefficient (Wildman–Crippen LogP) is 2.09. The summed E-state index contributed by atoms with van der Waals surface area (Å²) in [5.41, 5.74) is 5.62. The Morgan fingerprint density at radius 2 is 2.06 bits per heavy atom. The van der Waals surface area contributed by atoms with Gasteiger partial charge in [0.15, 0.2) is 0 Å². The Bertz CT molecular complexity index is 291. The number of nitrogens with zero attached hydrogens (tertiary/aromatic N) is 1. The van der Waals surface area contributed by atoms with Crippen molar-refractivity contribution in [3.63, 3.8) is 0 Å². The lowest BCUT2D eigenvalue weighted by atomic mass is 9.76. The van der Waals surface area contributed by atoms with Crippen molar-refractivity contribution in [2.45, 2.75) is 38.1 Å². The minimum Gasteiger partial charge on any atom is -0.334 e. The van der Waals surface area contributed by atoms with Gasteiger partial charge in [0.25, 0.3) is 0 Å². The lowest BCUT2D eigenvalue weighted by molar-refractivity contribution is -0.137. The van der Waals surface area contributed by atoms with Crippen molar-refractivity contribution >= 4 is 5.91 Å². The van der Waals surface area contributed by atoms with Crippen LogP contribution >= 0.6 is 0 Å². The fourth-order valence-corrected chi connectivity index (χ4v) is 2.65. The van der Waals surface area contributed by atoms with Crippen LogP contribution in [0.3, 0.4) is 0 Å². The van der Waals surface area contributed by atoms with Gasteiger partial charge in [-0.15, -0.1) is 13.2 Å². The molecule has 0 radical (unpaired) electrons. The van der Waals surface area contributed by atoms with Crippen molar-refractivity contribution in [2.24, 2.45) is 11.7 Å². The van der Waals surface area contributed by atoms with Crippen LogP contribution in [0.1, 0.15) is 32.6 Å². The molecule has 17 heavy (non-hydrogen) atoms. The molecule has 2 N–H and O–H groups in total. The molecule has 1 rings (SSSR count). The topological polar surface area (TPSA) is 46.3 Å². The van der Waals surface area contributed by atoms with Crippen LogP contribution in [-0.4, -0.2) is 29.4 Å². The monoisotopic (exact) mass is 236 g/mol. The van der Waals surface area contributed by atoms with Gasteiger partial charge in [-0.1, -0.05) is 31.9 Å². The van der Waals surface area contributed by atoms with E-state index < -0.39 is 5.54 Å². The lowest BCUT2D eigenvalue weighted by Crippen LogP contribution is -2.57. The van der Waals surface area contributed by atoms with E-state index in [1.807, 2.05) is 0 Å². The minimum absolute atomic E-state index is 0.0452. The molecule has 0 aliphatic heterocycles. The van der Waals surface area contributed by atoms with Gasteiger partial charge in [-0.2, -0.15) is 0 Å². The van der Waals surface area contributed by atoms with E-state index in [9.17, 15) is 4.79 Å². The first-order valence-electron chi connectivity index (χ1n) is 6.33. The molecule has 1 amide bonds. The van der Waals surface area contributed by atoms with E-state index in [4.69, 9.17) is 5.73 Å². The molecule has 0 saturated heterocycles. The normalized spacial score (nSPS) is 28.5. The van der Waals surface area contributed by atoms with Crippen LogP contribution in [-0.2, 0) is 4.79 Å². The molecule has 0 spiro atoms. The molecule has 0 bridgehead atoms. The summed E-state index contributed by atoms with van der Waals surface area (Å²) in [7, 11) is 0. The van der Waals surface area contributed by atoms with Gasteiger partial charge < -0.3 is 10.6 Å². The molecule has 2 atom stereocenters. The molecule has 1 aliphatic carbocycles. The average Bonchev–Trinajstić information content (AvgIpc) is 2.27. The van der Waals surface area contributed by atoms with E-state index >= 15 is 0 Å². The Hall–Kier alpha value is -1.09. The zero-order chi connectivity index (χ0) is 12.9. The third-order valence-electron chi connectivity index (χ3n) is 3.44. The second-order valence-electron chi connectivity index (χ2n) is 5.15. The van der Waals surface area contributed by atoms with E-state index in [2.05, 4.69) is 20.1 Å². The summed E-state index contributed by atoms with van der Waals surface area (Å²) < 4.78 is 0. The average molecular weight is 236 g/mol. The largest absolute Gasteiger partial charge is 0.334 e. The van der Waals surface area contributed by atoms with Crippen molar-refractivity contribution < 1.29 is 4.79 Å². The first kappa shape index (κ1) is 14.0. The fourth-order valence-electron chi connectivity index (χ4n) is 2.65. The highest BCUT2D eigenvalue weighted by Crippen LogP contribution is 2.31. The molecule has 0 aromatic carbocycles. The Morgan fingerprint density at radius 1 is 1.47 bits per heavy atom. The van der Waals surface area contributed by atoms with Crippen LogP contribution in [0.25, 0.3) is 0 Å². The summed E-state index contributed by atoms with van der Waals surface area (Å²) in [4.78, 5) is 14.2.